The summed E-state index contributed by atoms with van der Waals surface area (Å²) in [5.41, 5.74) is 5.87. The first kappa shape index (κ1) is 15.1. The summed E-state index contributed by atoms with van der Waals surface area (Å²) in [6.07, 6.45) is 5.94. The van der Waals surface area contributed by atoms with E-state index in [1.54, 1.807) is 0 Å². The third kappa shape index (κ3) is 3.02. The minimum absolute atomic E-state index is 0.784. The second-order valence-electron chi connectivity index (χ2n) is 5.94. The fraction of sp³-hybridized carbons (Fsp3) is 0.0476. The predicted molar refractivity (Wildman–Crippen MR) is 104 cm³/mol. The molecule has 4 rings (SSSR count). The molecule has 0 aliphatic carbocycles. The number of allylic oxidation sites excluding steroid dienone is 5. The van der Waals surface area contributed by atoms with Gasteiger partial charge in [-0.3, -0.25) is 0 Å². The fourth-order valence-corrected chi connectivity index (χ4v) is 2.71. The lowest BCUT2D eigenvalue weighted by Gasteiger charge is -1.94. The van der Waals surface area contributed by atoms with E-state index in [9.17, 15) is 0 Å². The summed E-state index contributed by atoms with van der Waals surface area (Å²) in [4.78, 5) is 15.8. The Kier molecular flexibility index (Phi) is 3.78. The van der Waals surface area contributed by atoms with Crippen molar-refractivity contribution in [2.24, 2.45) is 0 Å². The topological polar surface area (TPSA) is 57.4 Å². The van der Waals surface area contributed by atoms with E-state index in [-0.39, 0.29) is 0 Å². The maximum Gasteiger partial charge on any atom is 0.137 e. The number of imidazole rings is 2. The maximum atomic E-state index is 4.60. The van der Waals surface area contributed by atoms with Gasteiger partial charge in [-0.05, 0) is 36.8 Å². The van der Waals surface area contributed by atoms with E-state index >= 15 is 0 Å². The molecule has 0 saturated heterocycles. The van der Waals surface area contributed by atoms with Crippen molar-refractivity contribution >= 4 is 33.2 Å². The van der Waals surface area contributed by atoms with Crippen molar-refractivity contribution < 1.29 is 0 Å². The van der Waals surface area contributed by atoms with Crippen molar-refractivity contribution in [2.75, 3.05) is 0 Å². The van der Waals surface area contributed by atoms with E-state index in [4.69, 9.17) is 0 Å². The summed E-state index contributed by atoms with van der Waals surface area (Å²) in [5.74, 6) is 1.66. The molecule has 122 valence electrons. The molecule has 2 heterocycles. The van der Waals surface area contributed by atoms with Gasteiger partial charge in [0.2, 0.25) is 0 Å². The Labute approximate surface area is 145 Å². The number of benzene rings is 2. The van der Waals surface area contributed by atoms with Crippen LogP contribution in [0.3, 0.4) is 0 Å². The first-order chi connectivity index (χ1) is 12.2. The van der Waals surface area contributed by atoms with Gasteiger partial charge in [-0.1, -0.05) is 49.1 Å². The number of aromatic nitrogens is 4. The number of nitrogens with zero attached hydrogens (tertiary/aromatic N) is 2. The monoisotopic (exact) mass is 326 g/mol. The molecule has 2 N–H and O–H groups in total. The molecule has 0 saturated carbocycles. The van der Waals surface area contributed by atoms with Crippen molar-refractivity contribution in [3.63, 3.8) is 0 Å². The first-order valence-corrected chi connectivity index (χ1v) is 8.15. The molecule has 0 aliphatic heterocycles. The molecular formula is C21H18N4. The van der Waals surface area contributed by atoms with E-state index in [1.807, 2.05) is 73.7 Å². The Balaban J connectivity index is 1.54. The molecule has 4 heteroatoms. The van der Waals surface area contributed by atoms with Crippen LogP contribution in [0.25, 0.3) is 33.2 Å². The first-order valence-electron chi connectivity index (χ1n) is 8.15. The molecular weight excluding hydrogens is 308 g/mol. The Morgan fingerprint density at radius 2 is 1.44 bits per heavy atom. The van der Waals surface area contributed by atoms with Crippen LogP contribution in [0.15, 0.2) is 73.3 Å². The quantitative estimate of drug-likeness (QED) is 0.512. The molecule has 0 unspecified atom stereocenters. The number of fused-ring (bicyclic) bond motifs is 2. The molecule has 2 aromatic heterocycles. The van der Waals surface area contributed by atoms with Gasteiger partial charge < -0.3 is 9.97 Å². The highest BCUT2D eigenvalue weighted by Gasteiger charge is 2.04. The molecule has 25 heavy (non-hydrogen) atoms. The molecule has 0 amide bonds. The van der Waals surface area contributed by atoms with E-state index in [0.717, 1.165) is 44.9 Å². The number of rotatable bonds is 4. The van der Waals surface area contributed by atoms with E-state index in [0.29, 0.717) is 0 Å². The molecule has 0 radical (unpaired) electrons. The summed E-state index contributed by atoms with van der Waals surface area (Å²) >= 11 is 0. The molecule has 0 aliphatic rings. The molecule has 0 spiro atoms. The number of para-hydroxylation sites is 4. The van der Waals surface area contributed by atoms with Crippen molar-refractivity contribution in [3.8, 4) is 0 Å². The molecule has 4 nitrogen and oxygen atoms in total. The van der Waals surface area contributed by atoms with Crippen molar-refractivity contribution in [1.29, 1.82) is 0 Å². The largest absolute Gasteiger partial charge is 0.338 e. The van der Waals surface area contributed by atoms with Gasteiger partial charge in [0.25, 0.3) is 0 Å². The van der Waals surface area contributed by atoms with Crippen LogP contribution in [0.2, 0.25) is 0 Å². The lowest BCUT2D eigenvalue weighted by molar-refractivity contribution is 1.25. The highest BCUT2D eigenvalue weighted by molar-refractivity contribution is 5.81. The van der Waals surface area contributed by atoms with Gasteiger partial charge in [0.15, 0.2) is 0 Å². The fourth-order valence-electron chi connectivity index (χ4n) is 2.71. The third-order valence-electron chi connectivity index (χ3n) is 4.10. The minimum Gasteiger partial charge on any atom is -0.338 e. The second kappa shape index (κ2) is 6.24. The van der Waals surface area contributed by atoms with Crippen LogP contribution in [0, 0.1) is 0 Å². The number of aromatic amines is 2. The highest BCUT2D eigenvalue weighted by atomic mass is 14.9. The van der Waals surface area contributed by atoms with Crippen molar-refractivity contribution in [3.05, 3.63) is 85.0 Å². The molecule has 0 atom stereocenters. The Hall–Kier alpha value is -3.40. The lowest BCUT2D eigenvalue weighted by atomic mass is 10.2. The number of nitrogens with one attached hydrogen (secondary N) is 2. The average molecular weight is 326 g/mol. The van der Waals surface area contributed by atoms with Crippen molar-refractivity contribution in [1.82, 2.24) is 19.9 Å². The van der Waals surface area contributed by atoms with Crippen LogP contribution < -0.4 is 0 Å². The summed E-state index contributed by atoms with van der Waals surface area (Å²) in [6, 6.07) is 16.0. The van der Waals surface area contributed by atoms with Gasteiger partial charge >= 0.3 is 0 Å². The predicted octanol–water partition coefficient (Wildman–Crippen LogP) is 5.11. The van der Waals surface area contributed by atoms with E-state index < -0.39 is 0 Å². The zero-order valence-electron chi connectivity index (χ0n) is 14.0. The highest BCUT2D eigenvalue weighted by Crippen LogP contribution is 2.18. The number of H-pyrrole nitrogens is 2. The molecule has 2 aromatic carbocycles. The minimum atomic E-state index is 0.784. The average Bonchev–Trinajstić information content (AvgIpc) is 3.25. The van der Waals surface area contributed by atoms with Gasteiger partial charge in [0, 0.05) is 5.57 Å². The van der Waals surface area contributed by atoms with Crippen LogP contribution in [0.1, 0.15) is 18.6 Å². The van der Waals surface area contributed by atoms with Crippen LogP contribution in [-0.4, -0.2) is 19.9 Å². The van der Waals surface area contributed by atoms with Gasteiger partial charge in [0.05, 0.1) is 22.1 Å². The van der Waals surface area contributed by atoms with Gasteiger partial charge in [0.1, 0.15) is 11.6 Å². The summed E-state index contributed by atoms with van der Waals surface area (Å²) in [6.45, 7) is 6.13. The molecule has 0 fully saturated rings. The van der Waals surface area contributed by atoms with E-state index in [1.165, 1.54) is 0 Å². The number of hydrogen-bond donors (Lipinski definition) is 2. The third-order valence-corrected chi connectivity index (χ3v) is 4.10. The zero-order chi connectivity index (χ0) is 17.2. The SMILES string of the molecule is C=C(/C=C\C=C(/C)c1nc2ccccc2[nH]1)c1nc2ccccc2[nH]1. The van der Waals surface area contributed by atoms with E-state index in [2.05, 4.69) is 26.5 Å². The lowest BCUT2D eigenvalue weighted by Crippen LogP contribution is -1.83. The molecule has 4 aromatic rings. The van der Waals surface area contributed by atoms with Gasteiger partial charge in [-0.2, -0.15) is 0 Å². The van der Waals surface area contributed by atoms with Crippen LogP contribution in [0.5, 0.6) is 0 Å². The summed E-state index contributed by atoms with van der Waals surface area (Å²) in [5, 5.41) is 0. The smallest absolute Gasteiger partial charge is 0.137 e. The zero-order valence-corrected chi connectivity index (χ0v) is 14.0. The van der Waals surface area contributed by atoms with Crippen molar-refractivity contribution in [2.45, 2.75) is 6.92 Å². The van der Waals surface area contributed by atoms with Crippen LogP contribution >= 0.6 is 0 Å². The Morgan fingerprint density at radius 3 is 2.08 bits per heavy atom. The summed E-state index contributed by atoms with van der Waals surface area (Å²) in [7, 11) is 0. The maximum absolute atomic E-state index is 4.60. The van der Waals surface area contributed by atoms with Gasteiger partial charge in [-0.25, -0.2) is 9.97 Å². The van der Waals surface area contributed by atoms with Gasteiger partial charge in [-0.15, -0.1) is 0 Å². The standard InChI is InChI=1S/C21H18N4/c1-14(20-22-16-10-3-4-11-17(16)23-20)8-7-9-15(2)21-24-18-12-5-6-13-19(18)25-21/h3-13H,1H2,2H3,(H,22,23)(H,24,25)/b8-7-,15-9+. The normalized spacial score (nSPS) is 12.4. The molecule has 0 bridgehead atoms. The Morgan fingerprint density at radius 1 is 0.880 bits per heavy atom. The number of hydrogen-bond acceptors (Lipinski definition) is 2. The van der Waals surface area contributed by atoms with Crippen LogP contribution in [-0.2, 0) is 0 Å². The Bertz CT molecular complexity index is 1060. The van der Waals surface area contributed by atoms with Crippen LogP contribution in [0.4, 0.5) is 0 Å². The second-order valence-corrected chi connectivity index (χ2v) is 5.94. The summed E-state index contributed by atoms with van der Waals surface area (Å²) < 4.78 is 0.